The van der Waals surface area contributed by atoms with Crippen LogP contribution >= 0.6 is 0 Å². The summed E-state index contributed by atoms with van der Waals surface area (Å²) in [5, 5.41) is 26.1. The Bertz CT molecular complexity index is 1220. The highest BCUT2D eigenvalue weighted by molar-refractivity contribution is 5.90. The third-order valence-corrected chi connectivity index (χ3v) is 6.15. The van der Waals surface area contributed by atoms with Crippen LogP contribution in [0, 0.1) is 0 Å². The molecule has 2 rings (SSSR count). The molecule has 4 N–H and O–H groups in total. The van der Waals surface area contributed by atoms with Crippen LogP contribution in [0.25, 0.3) is 0 Å². The third kappa shape index (κ3) is 16.5. The number of aryl methyl sites for hydroxylation is 3. The number of nitrogens with zero attached hydrogens (tertiary/aromatic N) is 6. The van der Waals surface area contributed by atoms with Crippen LogP contribution in [-0.4, -0.2) is 91.4 Å². The maximum absolute atomic E-state index is 12.0. The zero-order valence-corrected chi connectivity index (χ0v) is 24.9. The summed E-state index contributed by atoms with van der Waals surface area (Å²) in [7, 11) is 0. The number of rotatable bonds is 22. The van der Waals surface area contributed by atoms with E-state index in [9.17, 15) is 28.8 Å². The van der Waals surface area contributed by atoms with Crippen molar-refractivity contribution in [1.29, 1.82) is 0 Å². The van der Waals surface area contributed by atoms with Crippen molar-refractivity contribution in [3.63, 3.8) is 0 Å². The summed E-state index contributed by atoms with van der Waals surface area (Å²) >= 11 is 0. The molecule has 4 amide bonds. The van der Waals surface area contributed by atoms with Crippen molar-refractivity contribution in [1.82, 2.24) is 51.3 Å². The summed E-state index contributed by atoms with van der Waals surface area (Å²) in [4.78, 5) is 69.9. The normalized spacial score (nSPS) is 10.7. The summed E-state index contributed by atoms with van der Waals surface area (Å²) in [6.07, 6.45) is 8.79. The molecule has 0 saturated heterocycles. The van der Waals surface area contributed by atoms with E-state index in [1.165, 1.54) is 0 Å². The van der Waals surface area contributed by atoms with Gasteiger partial charge in [-0.15, -0.1) is 10.2 Å². The average Bonchev–Trinajstić information content (AvgIpc) is 3.62. The van der Waals surface area contributed by atoms with E-state index in [4.69, 9.17) is 0 Å². The Hall–Kier alpha value is -4.50. The fourth-order valence-electron chi connectivity index (χ4n) is 3.80. The van der Waals surface area contributed by atoms with Gasteiger partial charge in [0.25, 0.3) is 0 Å². The van der Waals surface area contributed by atoms with Gasteiger partial charge in [0.1, 0.15) is 11.6 Å². The van der Waals surface area contributed by atoms with Gasteiger partial charge in [-0.2, -0.15) is 0 Å². The number of carbonyl (C=O) groups excluding carboxylic acids is 6. The summed E-state index contributed by atoms with van der Waals surface area (Å²) in [5.41, 5.74) is 1.36. The van der Waals surface area contributed by atoms with Crippen LogP contribution in [0.4, 0.5) is 0 Å². The highest BCUT2D eigenvalue weighted by Gasteiger charge is 2.11. The average molecular weight is 603 g/mol. The minimum Gasteiger partial charge on any atom is -0.354 e. The van der Waals surface area contributed by atoms with Crippen LogP contribution in [-0.2, 0) is 54.7 Å². The Morgan fingerprint density at radius 3 is 1.51 bits per heavy atom. The first kappa shape index (κ1) is 34.7. The number of amides is 4. The first-order valence-electron chi connectivity index (χ1n) is 14.4. The van der Waals surface area contributed by atoms with E-state index in [0.717, 1.165) is 25.7 Å². The number of ketones is 2. The van der Waals surface area contributed by atoms with Gasteiger partial charge in [-0.3, -0.25) is 28.5 Å². The fraction of sp³-hybridized carbons (Fsp3) is 0.630. The molecule has 0 unspecified atom stereocenters. The van der Waals surface area contributed by atoms with Crippen LogP contribution in [0.5, 0.6) is 0 Å². The first-order valence-corrected chi connectivity index (χ1v) is 14.4. The second-order valence-corrected chi connectivity index (χ2v) is 10.2. The minimum absolute atomic E-state index is 0.118. The SMILES string of the molecule is CC(=O)CCCCn1cc(CCNC(=O)CNC(=O)CNC(=O)CNC(=O)CCc2cn(CCCCC(C)=O)nn2)nn1. The molecular weight excluding hydrogens is 560 g/mol. The summed E-state index contributed by atoms with van der Waals surface area (Å²) < 4.78 is 3.38. The van der Waals surface area contributed by atoms with Gasteiger partial charge in [0.05, 0.1) is 31.0 Å². The summed E-state index contributed by atoms with van der Waals surface area (Å²) in [5.74, 6) is -1.51. The Morgan fingerprint density at radius 1 is 0.581 bits per heavy atom. The van der Waals surface area contributed by atoms with E-state index in [1.807, 2.05) is 0 Å². The number of hydrogen-bond donors (Lipinski definition) is 4. The number of Topliss-reactive ketones (excluding diaryl/α,β-unsaturated/α-hetero) is 2. The van der Waals surface area contributed by atoms with Crippen molar-refractivity contribution in [2.24, 2.45) is 0 Å². The van der Waals surface area contributed by atoms with Crippen LogP contribution in [0.1, 0.15) is 70.2 Å². The monoisotopic (exact) mass is 602 g/mol. The Labute approximate surface area is 250 Å². The Balaban J connectivity index is 1.49. The molecule has 0 saturated carbocycles. The molecule has 2 heterocycles. The second kappa shape index (κ2) is 19.6. The van der Waals surface area contributed by atoms with Crippen molar-refractivity contribution >= 4 is 35.2 Å². The molecule has 0 aliphatic rings. The Kier molecular flexibility index (Phi) is 15.8. The van der Waals surface area contributed by atoms with E-state index >= 15 is 0 Å². The lowest BCUT2D eigenvalue weighted by Crippen LogP contribution is -2.44. The van der Waals surface area contributed by atoms with Crippen molar-refractivity contribution < 1.29 is 28.8 Å². The summed E-state index contributed by atoms with van der Waals surface area (Å²) in [6.45, 7) is 3.86. The van der Waals surface area contributed by atoms with Gasteiger partial charge in [0, 0.05) is 64.1 Å². The predicted molar refractivity (Wildman–Crippen MR) is 153 cm³/mol. The molecule has 2 aromatic heterocycles. The topological polar surface area (TPSA) is 212 Å². The molecule has 0 radical (unpaired) electrons. The quantitative estimate of drug-likeness (QED) is 0.121. The van der Waals surface area contributed by atoms with E-state index in [1.54, 1.807) is 35.6 Å². The van der Waals surface area contributed by atoms with Crippen LogP contribution < -0.4 is 21.3 Å². The minimum atomic E-state index is -0.549. The molecule has 0 aliphatic carbocycles. The molecular formula is C27H42N10O6. The van der Waals surface area contributed by atoms with E-state index < -0.39 is 17.7 Å². The lowest BCUT2D eigenvalue weighted by atomic mass is 10.2. The summed E-state index contributed by atoms with van der Waals surface area (Å²) in [6, 6.07) is 0. The number of hydrogen-bond acceptors (Lipinski definition) is 10. The third-order valence-electron chi connectivity index (χ3n) is 6.15. The van der Waals surface area contributed by atoms with Crippen LogP contribution in [0.2, 0.25) is 0 Å². The van der Waals surface area contributed by atoms with E-state index in [-0.39, 0.29) is 43.5 Å². The van der Waals surface area contributed by atoms with Crippen molar-refractivity contribution in [3.05, 3.63) is 23.8 Å². The van der Waals surface area contributed by atoms with Crippen molar-refractivity contribution in [2.75, 3.05) is 26.2 Å². The zero-order valence-electron chi connectivity index (χ0n) is 24.9. The highest BCUT2D eigenvalue weighted by Crippen LogP contribution is 2.03. The standard InChI is InChI=1S/C27H42N10O6/c1-20(38)7-3-5-13-36-18-22(32-34-36)9-10-24(40)29-16-26(42)31-17-27(43)30-15-25(41)28-12-11-23-19-37(35-33-23)14-6-4-8-21(2)39/h18-19H,3-17H2,1-2H3,(H,28,41)(H,29,40)(H,30,43)(H,31,42). The molecule has 0 aromatic carbocycles. The Morgan fingerprint density at radius 2 is 1.02 bits per heavy atom. The maximum Gasteiger partial charge on any atom is 0.239 e. The molecule has 0 spiro atoms. The fourth-order valence-corrected chi connectivity index (χ4v) is 3.80. The molecule has 16 nitrogen and oxygen atoms in total. The maximum atomic E-state index is 12.0. The molecule has 0 fully saturated rings. The number of carbonyl (C=O) groups is 6. The highest BCUT2D eigenvalue weighted by atomic mass is 16.2. The van der Waals surface area contributed by atoms with E-state index in [0.29, 0.717) is 56.7 Å². The van der Waals surface area contributed by atoms with Gasteiger partial charge in [-0.25, -0.2) is 0 Å². The lowest BCUT2D eigenvalue weighted by Gasteiger charge is -2.08. The molecule has 0 aliphatic heterocycles. The van der Waals surface area contributed by atoms with Gasteiger partial charge >= 0.3 is 0 Å². The van der Waals surface area contributed by atoms with Crippen LogP contribution in [0.15, 0.2) is 12.4 Å². The largest absolute Gasteiger partial charge is 0.354 e. The molecule has 236 valence electrons. The predicted octanol–water partition coefficient (Wildman–Crippen LogP) is -0.972. The first-order chi connectivity index (χ1) is 20.6. The number of aromatic nitrogens is 6. The zero-order chi connectivity index (χ0) is 31.5. The molecule has 2 aromatic rings. The second-order valence-electron chi connectivity index (χ2n) is 10.2. The van der Waals surface area contributed by atoms with Gasteiger partial charge in [-0.05, 0) is 39.5 Å². The lowest BCUT2D eigenvalue weighted by molar-refractivity contribution is -0.128. The smallest absolute Gasteiger partial charge is 0.239 e. The number of nitrogens with one attached hydrogen (secondary N) is 4. The van der Waals surface area contributed by atoms with Gasteiger partial charge < -0.3 is 30.9 Å². The van der Waals surface area contributed by atoms with Gasteiger partial charge in [0.15, 0.2) is 0 Å². The van der Waals surface area contributed by atoms with Crippen molar-refractivity contribution in [2.45, 2.75) is 84.7 Å². The molecule has 0 atom stereocenters. The molecule has 43 heavy (non-hydrogen) atoms. The van der Waals surface area contributed by atoms with Gasteiger partial charge in [-0.1, -0.05) is 10.4 Å². The van der Waals surface area contributed by atoms with Crippen LogP contribution in [0.3, 0.4) is 0 Å². The van der Waals surface area contributed by atoms with Crippen molar-refractivity contribution in [3.8, 4) is 0 Å². The van der Waals surface area contributed by atoms with Gasteiger partial charge in [0.2, 0.25) is 23.6 Å². The number of unbranched alkanes of at least 4 members (excludes halogenated alkanes) is 2. The van der Waals surface area contributed by atoms with E-state index in [2.05, 4.69) is 41.9 Å². The molecule has 16 heteroatoms. The molecule has 0 bridgehead atoms.